The zero-order chi connectivity index (χ0) is 11.6. The predicted molar refractivity (Wildman–Crippen MR) is 45.7 cm³/mol. The monoisotopic (exact) mass is 221 g/mol. The van der Waals surface area contributed by atoms with Crippen LogP contribution in [0.1, 0.15) is 5.69 Å². The molecule has 0 saturated carbocycles. The first-order valence-electron chi connectivity index (χ1n) is 4.11. The number of rotatable bonds is 2. The molecule has 7 heteroatoms. The average molecular weight is 221 g/mol. The van der Waals surface area contributed by atoms with Crippen molar-refractivity contribution in [1.82, 2.24) is 14.7 Å². The van der Waals surface area contributed by atoms with Crippen molar-refractivity contribution in [2.45, 2.75) is 12.7 Å². The smallest absolute Gasteiger partial charge is 0.332 e. The molecular weight excluding hydrogens is 211 g/mol. The number of hydrogen-bond donors (Lipinski definition) is 0. The summed E-state index contributed by atoms with van der Waals surface area (Å²) >= 11 is 0. The van der Waals surface area contributed by atoms with Crippen molar-refractivity contribution in [3.63, 3.8) is 0 Å². The van der Waals surface area contributed by atoms with Gasteiger partial charge in [0, 0.05) is 20.3 Å². The number of hydrogen-bond acceptors (Lipinski definition) is 2. The molecule has 1 aromatic rings. The molecule has 0 fully saturated rings. The van der Waals surface area contributed by atoms with Crippen molar-refractivity contribution in [2.24, 2.45) is 7.05 Å². The molecule has 1 amide bonds. The molecule has 0 radical (unpaired) electrons. The molecule has 0 aliphatic heterocycles. The molecule has 4 nitrogen and oxygen atoms in total. The summed E-state index contributed by atoms with van der Waals surface area (Å²) in [6.07, 6.45) is -3.37. The summed E-state index contributed by atoms with van der Waals surface area (Å²) in [7, 11) is 2.70. The van der Waals surface area contributed by atoms with Crippen molar-refractivity contribution in [3.05, 3.63) is 18.0 Å². The fraction of sp³-hybridized carbons (Fsp3) is 0.500. The second-order valence-electron chi connectivity index (χ2n) is 3.11. The van der Waals surface area contributed by atoms with Gasteiger partial charge in [0.15, 0.2) is 0 Å². The van der Waals surface area contributed by atoms with E-state index in [9.17, 15) is 18.0 Å². The van der Waals surface area contributed by atoms with Gasteiger partial charge in [-0.3, -0.25) is 9.48 Å². The quantitative estimate of drug-likeness (QED) is 0.745. The van der Waals surface area contributed by atoms with Crippen LogP contribution in [0.5, 0.6) is 0 Å². The highest BCUT2D eigenvalue weighted by molar-refractivity contribution is 5.81. The minimum atomic E-state index is -4.83. The Kier molecular flexibility index (Phi) is 3.01. The third kappa shape index (κ3) is 2.71. The van der Waals surface area contributed by atoms with E-state index in [1.807, 2.05) is 0 Å². The van der Waals surface area contributed by atoms with Crippen molar-refractivity contribution < 1.29 is 18.0 Å². The van der Waals surface area contributed by atoms with Crippen molar-refractivity contribution >= 4 is 5.91 Å². The summed E-state index contributed by atoms with van der Waals surface area (Å²) < 4.78 is 37.5. The normalized spacial score (nSPS) is 11.5. The molecular formula is C8H10F3N3O. The molecule has 1 aromatic heterocycles. The summed E-state index contributed by atoms with van der Waals surface area (Å²) in [5, 5.41) is 3.79. The van der Waals surface area contributed by atoms with Crippen LogP contribution < -0.4 is 0 Å². The van der Waals surface area contributed by atoms with Crippen LogP contribution in [0, 0.1) is 0 Å². The van der Waals surface area contributed by atoms with Crippen molar-refractivity contribution in [2.75, 3.05) is 7.05 Å². The van der Waals surface area contributed by atoms with Crippen molar-refractivity contribution in [1.29, 1.82) is 0 Å². The molecule has 0 spiro atoms. The maximum atomic E-state index is 12.0. The highest BCUT2D eigenvalue weighted by Crippen LogP contribution is 2.18. The SMILES string of the molecule is CN(Cc1ccnn1C)C(=O)C(F)(F)F. The Balaban J connectivity index is 2.68. The molecule has 0 aliphatic rings. The topological polar surface area (TPSA) is 38.1 Å². The van der Waals surface area contributed by atoms with Gasteiger partial charge < -0.3 is 4.90 Å². The van der Waals surface area contributed by atoms with Crippen LogP contribution in [0.25, 0.3) is 0 Å². The molecule has 15 heavy (non-hydrogen) atoms. The Morgan fingerprint density at radius 3 is 2.60 bits per heavy atom. The summed E-state index contributed by atoms with van der Waals surface area (Å²) in [6.45, 7) is -0.116. The number of amides is 1. The van der Waals surface area contributed by atoms with E-state index in [4.69, 9.17) is 0 Å². The number of carbonyl (C=O) groups is 1. The molecule has 0 N–H and O–H groups in total. The average Bonchev–Trinajstić information content (AvgIpc) is 2.49. The molecule has 0 bridgehead atoms. The van der Waals surface area contributed by atoms with Gasteiger partial charge >= 0.3 is 12.1 Å². The van der Waals surface area contributed by atoms with Gasteiger partial charge in [-0.25, -0.2) is 0 Å². The van der Waals surface area contributed by atoms with Crippen LogP contribution in [0.2, 0.25) is 0 Å². The Bertz CT molecular complexity index is 358. The van der Waals surface area contributed by atoms with Gasteiger partial charge in [0.25, 0.3) is 0 Å². The van der Waals surface area contributed by atoms with Crippen LogP contribution in [-0.4, -0.2) is 33.8 Å². The lowest BCUT2D eigenvalue weighted by atomic mass is 10.4. The van der Waals surface area contributed by atoms with Crippen LogP contribution in [0.4, 0.5) is 13.2 Å². The van der Waals surface area contributed by atoms with Gasteiger partial charge in [0.2, 0.25) is 0 Å². The molecule has 0 saturated heterocycles. The molecule has 0 aromatic carbocycles. The maximum absolute atomic E-state index is 12.0. The molecule has 1 rings (SSSR count). The summed E-state index contributed by atoms with van der Waals surface area (Å²) in [6, 6.07) is 1.56. The fourth-order valence-corrected chi connectivity index (χ4v) is 1.09. The minimum Gasteiger partial charge on any atom is -0.332 e. The molecule has 0 atom stereocenters. The first kappa shape index (κ1) is 11.5. The van der Waals surface area contributed by atoms with Crippen LogP contribution in [-0.2, 0) is 18.4 Å². The zero-order valence-corrected chi connectivity index (χ0v) is 8.25. The van der Waals surface area contributed by atoms with Gasteiger partial charge in [0.05, 0.1) is 12.2 Å². The van der Waals surface area contributed by atoms with Gasteiger partial charge in [-0.2, -0.15) is 18.3 Å². The molecule has 1 heterocycles. The van der Waals surface area contributed by atoms with E-state index >= 15 is 0 Å². The molecule has 84 valence electrons. The van der Waals surface area contributed by atoms with E-state index in [-0.39, 0.29) is 6.54 Å². The van der Waals surface area contributed by atoms with E-state index in [0.29, 0.717) is 10.6 Å². The number of aryl methyl sites for hydroxylation is 1. The van der Waals surface area contributed by atoms with Crippen LogP contribution in [0.3, 0.4) is 0 Å². The van der Waals surface area contributed by atoms with Gasteiger partial charge in [0.1, 0.15) is 0 Å². The Morgan fingerprint density at radius 2 is 2.20 bits per heavy atom. The lowest BCUT2D eigenvalue weighted by Gasteiger charge is -2.18. The van der Waals surface area contributed by atoms with Crippen LogP contribution in [0.15, 0.2) is 12.3 Å². The first-order valence-corrected chi connectivity index (χ1v) is 4.11. The van der Waals surface area contributed by atoms with E-state index in [2.05, 4.69) is 5.10 Å². The van der Waals surface area contributed by atoms with Gasteiger partial charge in [-0.15, -0.1) is 0 Å². The maximum Gasteiger partial charge on any atom is 0.471 e. The third-order valence-corrected chi connectivity index (χ3v) is 1.91. The fourth-order valence-electron chi connectivity index (χ4n) is 1.09. The highest BCUT2D eigenvalue weighted by Gasteiger charge is 2.41. The second-order valence-corrected chi connectivity index (χ2v) is 3.11. The van der Waals surface area contributed by atoms with Gasteiger partial charge in [-0.05, 0) is 6.07 Å². The Morgan fingerprint density at radius 1 is 1.60 bits per heavy atom. The second kappa shape index (κ2) is 3.92. The number of aromatic nitrogens is 2. The largest absolute Gasteiger partial charge is 0.471 e. The summed E-state index contributed by atoms with van der Waals surface area (Å²) in [5.74, 6) is -1.86. The molecule has 0 aliphatic carbocycles. The number of alkyl halides is 3. The highest BCUT2D eigenvalue weighted by atomic mass is 19.4. The zero-order valence-electron chi connectivity index (χ0n) is 8.25. The van der Waals surface area contributed by atoms with E-state index in [1.54, 1.807) is 13.1 Å². The lowest BCUT2D eigenvalue weighted by Crippen LogP contribution is -2.38. The molecule has 0 unspecified atom stereocenters. The van der Waals surface area contributed by atoms with Crippen molar-refractivity contribution in [3.8, 4) is 0 Å². The van der Waals surface area contributed by atoms with E-state index < -0.39 is 12.1 Å². The number of carbonyl (C=O) groups excluding carboxylic acids is 1. The number of nitrogens with zero attached hydrogens (tertiary/aromatic N) is 3. The minimum absolute atomic E-state index is 0.116. The van der Waals surface area contributed by atoms with Gasteiger partial charge in [-0.1, -0.05) is 0 Å². The predicted octanol–water partition coefficient (Wildman–Crippen LogP) is 0.941. The summed E-state index contributed by atoms with van der Waals surface area (Å²) in [4.78, 5) is 11.4. The number of halogens is 3. The van der Waals surface area contributed by atoms with E-state index in [0.717, 1.165) is 7.05 Å². The Labute approximate surface area is 84.3 Å². The standard InChI is InChI=1S/C8H10F3N3O/c1-13(7(15)8(9,10)11)5-6-3-4-12-14(6)2/h3-4H,5H2,1-2H3. The first-order chi connectivity index (χ1) is 6.82. The van der Waals surface area contributed by atoms with E-state index in [1.165, 1.54) is 10.9 Å². The lowest BCUT2D eigenvalue weighted by molar-refractivity contribution is -0.184. The Hall–Kier alpha value is -1.53. The third-order valence-electron chi connectivity index (χ3n) is 1.91. The summed E-state index contributed by atoms with van der Waals surface area (Å²) in [5.41, 5.74) is 0.537. The van der Waals surface area contributed by atoms with Crippen LogP contribution >= 0.6 is 0 Å².